The van der Waals surface area contributed by atoms with E-state index in [1.54, 1.807) is 12.1 Å². The molecule has 0 saturated carbocycles. The van der Waals surface area contributed by atoms with Crippen LogP contribution in [0.1, 0.15) is 15.9 Å². The summed E-state index contributed by atoms with van der Waals surface area (Å²) in [6.07, 6.45) is 1.65. The van der Waals surface area contributed by atoms with E-state index in [1.807, 2.05) is 30.3 Å². The normalized spacial score (nSPS) is 9.90. The summed E-state index contributed by atoms with van der Waals surface area (Å²) in [5.41, 5.74) is 2.67. The molecule has 1 aromatic carbocycles. The number of ether oxygens (including phenoxy) is 2. The summed E-state index contributed by atoms with van der Waals surface area (Å²) in [7, 11) is 2.79. The predicted octanol–water partition coefficient (Wildman–Crippen LogP) is 3.19. The van der Waals surface area contributed by atoms with Crippen molar-refractivity contribution in [2.75, 3.05) is 14.2 Å². The molecule has 0 saturated heterocycles. The number of benzene rings is 1. The van der Waals surface area contributed by atoms with Gasteiger partial charge in [0.25, 0.3) is 0 Å². The fourth-order valence-corrected chi connectivity index (χ4v) is 1.91. The molecule has 0 unspecified atom stereocenters. The third kappa shape index (κ3) is 2.54. The van der Waals surface area contributed by atoms with Crippen LogP contribution in [0.4, 0.5) is 0 Å². The van der Waals surface area contributed by atoms with Gasteiger partial charge in [-0.05, 0) is 6.07 Å². The second-order valence-electron chi connectivity index (χ2n) is 4.04. The molecule has 2 rings (SSSR count). The highest BCUT2D eigenvalue weighted by atomic mass is 16.5. The van der Waals surface area contributed by atoms with E-state index in [0.29, 0.717) is 5.69 Å². The zero-order valence-electron chi connectivity index (χ0n) is 11.4. The van der Waals surface area contributed by atoms with E-state index in [9.17, 15) is 4.79 Å². The van der Waals surface area contributed by atoms with Gasteiger partial charge in [0, 0.05) is 11.1 Å². The first kappa shape index (κ1) is 13.8. The molecule has 2 aromatic rings. The van der Waals surface area contributed by atoms with Gasteiger partial charge in [0.05, 0.1) is 19.9 Å². The summed E-state index contributed by atoms with van der Waals surface area (Å²) in [6, 6.07) is 11.3. The maximum Gasteiger partial charge on any atom is 0.343 e. The minimum atomic E-state index is -0.489. The van der Waals surface area contributed by atoms with Crippen LogP contribution in [-0.4, -0.2) is 25.2 Å². The molecule has 0 radical (unpaired) electrons. The number of methoxy groups -OCH3 is 2. The van der Waals surface area contributed by atoms with Crippen LogP contribution in [0.25, 0.3) is 17.3 Å². The highest BCUT2D eigenvalue weighted by Gasteiger charge is 2.18. The van der Waals surface area contributed by atoms with Crippen molar-refractivity contribution < 1.29 is 14.3 Å². The van der Waals surface area contributed by atoms with Crippen LogP contribution in [0.3, 0.4) is 0 Å². The molecule has 4 nitrogen and oxygen atoms in total. The van der Waals surface area contributed by atoms with Crippen molar-refractivity contribution in [3.05, 3.63) is 54.1 Å². The van der Waals surface area contributed by atoms with Gasteiger partial charge in [-0.15, -0.1) is 0 Å². The number of esters is 1. The van der Waals surface area contributed by atoms with Crippen LogP contribution in [0.15, 0.2) is 43.0 Å². The van der Waals surface area contributed by atoms with Crippen molar-refractivity contribution in [3.8, 4) is 17.1 Å². The van der Waals surface area contributed by atoms with E-state index in [0.717, 1.165) is 11.1 Å². The summed E-state index contributed by atoms with van der Waals surface area (Å²) < 4.78 is 9.91. The second-order valence-corrected chi connectivity index (χ2v) is 4.04. The lowest BCUT2D eigenvalue weighted by Gasteiger charge is -2.11. The fraction of sp³-hybridized carbons (Fsp3) is 0.125. The van der Waals surface area contributed by atoms with E-state index in [4.69, 9.17) is 9.47 Å². The number of hydrogen-bond donors (Lipinski definition) is 0. The molecule has 4 heteroatoms. The van der Waals surface area contributed by atoms with Gasteiger partial charge < -0.3 is 9.47 Å². The smallest absolute Gasteiger partial charge is 0.343 e. The summed E-state index contributed by atoms with van der Waals surface area (Å²) in [5, 5.41) is 0. The number of aromatic nitrogens is 1. The van der Waals surface area contributed by atoms with Crippen LogP contribution in [0.2, 0.25) is 0 Å². The fourth-order valence-electron chi connectivity index (χ4n) is 1.91. The van der Waals surface area contributed by atoms with E-state index in [-0.39, 0.29) is 11.4 Å². The van der Waals surface area contributed by atoms with Gasteiger partial charge in [-0.3, -0.25) is 0 Å². The molecule has 0 bridgehead atoms. The largest absolute Gasteiger partial charge is 0.480 e. The van der Waals surface area contributed by atoms with E-state index < -0.39 is 5.97 Å². The predicted molar refractivity (Wildman–Crippen MR) is 77.7 cm³/mol. The van der Waals surface area contributed by atoms with Crippen LogP contribution in [0, 0.1) is 0 Å². The third-order valence-electron chi connectivity index (χ3n) is 2.88. The monoisotopic (exact) mass is 269 g/mol. The van der Waals surface area contributed by atoms with Crippen molar-refractivity contribution in [3.63, 3.8) is 0 Å². The van der Waals surface area contributed by atoms with Gasteiger partial charge in [-0.2, -0.15) is 0 Å². The van der Waals surface area contributed by atoms with E-state index in [1.165, 1.54) is 14.2 Å². The Balaban J connectivity index is 2.65. The van der Waals surface area contributed by atoms with Crippen LogP contribution < -0.4 is 4.74 Å². The van der Waals surface area contributed by atoms with Crippen molar-refractivity contribution >= 4 is 12.0 Å². The van der Waals surface area contributed by atoms with Crippen LogP contribution >= 0.6 is 0 Å². The van der Waals surface area contributed by atoms with Gasteiger partial charge in [-0.25, -0.2) is 9.78 Å². The number of carbonyl (C=O) groups is 1. The molecular weight excluding hydrogens is 254 g/mol. The lowest BCUT2D eigenvalue weighted by molar-refractivity contribution is 0.0596. The molecule has 0 N–H and O–H groups in total. The number of hydrogen-bond acceptors (Lipinski definition) is 4. The Bertz CT molecular complexity index is 636. The number of nitrogens with zero attached hydrogens (tertiary/aromatic N) is 1. The molecule has 102 valence electrons. The summed E-state index contributed by atoms with van der Waals surface area (Å²) in [4.78, 5) is 16.1. The highest BCUT2D eigenvalue weighted by Crippen LogP contribution is 2.28. The summed E-state index contributed by atoms with van der Waals surface area (Å²) >= 11 is 0. The second kappa shape index (κ2) is 6.02. The van der Waals surface area contributed by atoms with Gasteiger partial charge >= 0.3 is 5.97 Å². The van der Waals surface area contributed by atoms with E-state index >= 15 is 0 Å². The zero-order chi connectivity index (χ0) is 14.5. The van der Waals surface area contributed by atoms with E-state index in [2.05, 4.69) is 11.6 Å². The van der Waals surface area contributed by atoms with Crippen LogP contribution in [-0.2, 0) is 4.74 Å². The Morgan fingerprint density at radius 1 is 1.25 bits per heavy atom. The summed E-state index contributed by atoms with van der Waals surface area (Å²) in [6.45, 7) is 3.77. The maximum absolute atomic E-state index is 11.7. The lowest BCUT2D eigenvalue weighted by Crippen LogP contribution is -2.07. The van der Waals surface area contributed by atoms with Crippen molar-refractivity contribution in [2.24, 2.45) is 0 Å². The topological polar surface area (TPSA) is 48.4 Å². The first-order chi connectivity index (χ1) is 9.71. The van der Waals surface area contributed by atoms with Crippen LogP contribution in [0.5, 0.6) is 5.88 Å². The number of pyridine rings is 1. The zero-order valence-corrected chi connectivity index (χ0v) is 11.4. The van der Waals surface area contributed by atoms with Gasteiger partial charge in [-0.1, -0.05) is 43.0 Å². The minimum absolute atomic E-state index is 0.237. The number of carbonyl (C=O) groups excluding carboxylic acids is 1. The third-order valence-corrected chi connectivity index (χ3v) is 2.88. The molecule has 0 aliphatic rings. The minimum Gasteiger partial charge on any atom is -0.480 e. The highest BCUT2D eigenvalue weighted by molar-refractivity contribution is 5.93. The van der Waals surface area contributed by atoms with Gasteiger partial charge in [0.2, 0.25) is 5.88 Å². The van der Waals surface area contributed by atoms with Crippen molar-refractivity contribution in [2.45, 2.75) is 0 Å². The Kier molecular flexibility index (Phi) is 4.15. The lowest BCUT2D eigenvalue weighted by atomic mass is 10.0. The molecule has 0 aliphatic heterocycles. The first-order valence-electron chi connectivity index (χ1n) is 6.06. The maximum atomic E-state index is 11.7. The molecule has 1 aromatic heterocycles. The molecule has 0 fully saturated rings. The average molecular weight is 269 g/mol. The van der Waals surface area contributed by atoms with Gasteiger partial charge in [0.15, 0.2) is 0 Å². The Labute approximate surface area is 117 Å². The molecule has 0 aliphatic carbocycles. The number of rotatable bonds is 4. The summed E-state index contributed by atoms with van der Waals surface area (Å²) in [5.74, 6) is -0.252. The SMILES string of the molecule is C=Cc1cc(C(=O)OC)c(OC)nc1-c1ccccc1. The molecule has 0 amide bonds. The standard InChI is InChI=1S/C16H15NO3/c1-4-11-10-13(16(18)20-3)15(19-2)17-14(11)12-8-6-5-7-9-12/h4-10H,1H2,2-3H3. The van der Waals surface area contributed by atoms with Crippen molar-refractivity contribution in [1.29, 1.82) is 0 Å². The molecule has 20 heavy (non-hydrogen) atoms. The first-order valence-corrected chi connectivity index (χ1v) is 6.06. The van der Waals surface area contributed by atoms with Gasteiger partial charge in [0.1, 0.15) is 5.56 Å². The molecule has 0 atom stereocenters. The Morgan fingerprint density at radius 3 is 2.50 bits per heavy atom. The molecular formula is C16H15NO3. The Morgan fingerprint density at radius 2 is 1.95 bits per heavy atom. The average Bonchev–Trinajstić information content (AvgIpc) is 2.53. The quantitative estimate of drug-likeness (QED) is 0.800. The molecule has 1 heterocycles. The van der Waals surface area contributed by atoms with Crippen molar-refractivity contribution in [1.82, 2.24) is 4.98 Å². The molecule has 0 spiro atoms. The Hall–Kier alpha value is -2.62.